The average Bonchev–Trinajstić information content (AvgIpc) is 2.65. The number of nitrogens with zero attached hydrogens (tertiary/aromatic N) is 1. The Kier molecular flexibility index (Phi) is 8.26. The van der Waals surface area contributed by atoms with Crippen molar-refractivity contribution in [1.29, 1.82) is 0 Å². The van der Waals surface area contributed by atoms with Crippen LogP contribution in [0.1, 0.15) is 26.2 Å². The van der Waals surface area contributed by atoms with Crippen molar-refractivity contribution < 1.29 is 22.4 Å². The van der Waals surface area contributed by atoms with Gasteiger partial charge in [-0.25, -0.2) is 12.8 Å². The van der Waals surface area contributed by atoms with E-state index in [1.807, 2.05) is 6.26 Å². The number of likely N-dealkylation sites (tertiary alicyclic amines) is 1. The third-order valence-electron chi connectivity index (χ3n) is 4.55. The summed E-state index contributed by atoms with van der Waals surface area (Å²) in [5.74, 6) is -0.712. The highest BCUT2D eigenvalue weighted by atomic mass is 32.2. The van der Waals surface area contributed by atoms with Crippen molar-refractivity contribution in [2.24, 2.45) is 0 Å². The highest BCUT2D eigenvalue weighted by molar-refractivity contribution is 7.98. The molecular formula is C18H26FN3O4S2. The summed E-state index contributed by atoms with van der Waals surface area (Å²) >= 11 is 1.50. The smallest absolute Gasteiger partial charge is 0.244 e. The molecule has 1 heterocycles. The van der Waals surface area contributed by atoms with E-state index in [-0.39, 0.29) is 17.9 Å². The lowest BCUT2D eigenvalue weighted by Crippen LogP contribution is -2.53. The first-order chi connectivity index (χ1) is 13.2. The quantitative estimate of drug-likeness (QED) is 0.648. The first-order valence-electron chi connectivity index (χ1n) is 9.06. The van der Waals surface area contributed by atoms with Gasteiger partial charge in [-0.3, -0.25) is 9.59 Å². The van der Waals surface area contributed by atoms with Gasteiger partial charge in [0.15, 0.2) is 0 Å². The molecule has 2 amide bonds. The molecule has 2 rings (SSSR count). The number of carbonyl (C=O) groups is 2. The minimum Gasteiger partial charge on any atom is -0.353 e. The largest absolute Gasteiger partial charge is 0.353 e. The molecule has 1 aliphatic heterocycles. The van der Waals surface area contributed by atoms with Gasteiger partial charge in [-0.15, -0.1) is 0 Å². The van der Waals surface area contributed by atoms with Crippen molar-refractivity contribution in [2.45, 2.75) is 43.2 Å². The van der Waals surface area contributed by atoms with Crippen LogP contribution in [-0.2, 0) is 19.6 Å². The summed E-state index contributed by atoms with van der Waals surface area (Å²) < 4.78 is 41.5. The zero-order chi connectivity index (χ0) is 20.7. The van der Waals surface area contributed by atoms with Gasteiger partial charge >= 0.3 is 0 Å². The van der Waals surface area contributed by atoms with Crippen molar-refractivity contribution in [1.82, 2.24) is 14.9 Å². The molecule has 0 saturated carbocycles. The second-order valence-corrected chi connectivity index (χ2v) is 9.35. The maximum Gasteiger partial charge on any atom is 0.244 e. The van der Waals surface area contributed by atoms with E-state index < -0.39 is 26.8 Å². The lowest BCUT2D eigenvalue weighted by molar-refractivity contribution is -0.134. The third kappa shape index (κ3) is 6.18. The topological polar surface area (TPSA) is 95.6 Å². The molecule has 1 aromatic rings. The molecule has 10 heteroatoms. The highest BCUT2D eigenvalue weighted by Gasteiger charge is 2.32. The second-order valence-electron chi connectivity index (χ2n) is 6.69. The van der Waals surface area contributed by atoms with Crippen molar-refractivity contribution >= 4 is 33.6 Å². The van der Waals surface area contributed by atoms with Crippen LogP contribution < -0.4 is 10.0 Å². The van der Waals surface area contributed by atoms with Gasteiger partial charge in [0.1, 0.15) is 16.8 Å². The summed E-state index contributed by atoms with van der Waals surface area (Å²) in [6.45, 7) is 2.31. The lowest BCUT2D eigenvalue weighted by Gasteiger charge is -2.34. The summed E-state index contributed by atoms with van der Waals surface area (Å²) in [6, 6.07) is 4.13. The second kappa shape index (κ2) is 10.2. The van der Waals surface area contributed by atoms with Crippen LogP contribution in [0.3, 0.4) is 0 Å². The maximum absolute atomic E-state index is 13.9. The molecule has 1 aromatic carbocycles. The highest BCUT2D eigenvalue weighted by Crippen LogP contribution is 2.17. The number of amides is 2. The molecule has 1 atom stereocenters. The van der Waals surface area contributed by atoms with E-state index in [1.165, 1.54) is 36.9 Å². The predicted octanol–water partition coefficient (Wildman–Crippen LogP) is 1.35. The number of hydrogen-bond donors (Lipinski definition) is 2. The number of piperidine rings is 1. The Bertz CT molecular complexity index is 796. The van der Waals surface area contributed by atoms with Crippen LogP contribution in [0.2, 0.25) is 0 Å². The minimum absolute atomic E-state index is 0.0151. The van der Waals surface area contributed by atoms with Crippen molar-refractivity contribution in [3.05, 3.63) is 30.1 Å². The third-order valence-corrected chi connectivity index (χ3v) is 6.70. The Morgan fingerprint density at radius 3 is 2.50 bits per heavy atom. The molecule has 2 N–H and O–H groups in total. The zero-order valence-electron chi connectivity index (χ0n) is 16.0. The van der Waals surface area contributed by atoms with E-state index in [9.17, 15) is 22.4 Å². The first kappa shape index (κ1) is 22.6. The Morgan fingerprint density at radius 1 is 1.29 bits per heavy atom. The van der Waals surface area contributed by atoms with Crippen LogP contribution >= 0.6 is 11.8 Å². The van der Waals surface area contributed by atoms with E-state index in [4.69, 9.17) is 0 Å². The van der Waals surface area contributed by atoms with Crippen molar-refractivity contribution in [3.8, 4) is 0 Å². The van der Waals surface area contributed by atoms with Crippen LogP contribution in [0, 0.1) is 5.82 Å². The average molecular weight is 432 g/mol. The van der Waals surface area contributed by atoms with Crippen molar-refractivity contribution in [3.63, 3.8) is 0 Å². The van der Waals surface area contributed by atoms with Crippen LogP contribution in [0.15, 0.2) is 29.2 Å². The number of benzene rings is 1. The molecule has 0 aromatic heterocycles. The van der Waals surface area contributed by atoms with Gasteiger partial charge in [-0.2, -0.15) is 16.5 Å². The van der Waals surface area contributed by atoms with Gasteiger partial charge in [0.2, 0.25) is 21.8 Å². The van der Waals surface area contributed by atoms with Gasteiger partial charge in [0.25, 0.3) is 0 Å². The molecule has 0 spiro atoms. The van der Waals surface area contributed by atoms with Gasteiger partial charge in [0.05, 0.1) is 0 Å². The van der Waals surface area contributed by atoms with E-state index in [1.54, 1.807) is 4.90 Å². The molecular weight excluding hydrogens is 405 g/mol. The number of nitrogens with one attached hydrogen (secondary N) is 2. The lowest BCUT2D eigenvalue weighted by atomic mass is 10.0. The molecule has 1 aliphatic rings. The van der Waals surface area contributed by atoms with Crippen LogP contribution in [0.5, 0.6) is 0 Å². The van der Waals surface area contributed by atoms with E-state index in [0.717, 1.165) is 6.07 Å². The fourth-order valence-electron chi connectivity index (χ4n) is 3.13. The van der Waals surface area contributed by atoms with E-state index in [2.05, 4.69) is 10.0 Å². The fraction of sp³-hybridized carbons (Fsp3) is 0.556. The number of carbonyl (C=O) groups excluding carboxylic acids is 2. The molecule has 7 nitrogen and oxygen atoms in total. The molecule has 1 unspecified atom stereocenters. The normalized spacial score (nSPS) is 16.6. The van der Waals surface area contributed by atoms with E-state index in [0.29, 0.717) is 38.1 Å². The van der Waals surface area contributed by atoms with Crippen LogP contribution in [-0.4, -0.2) is 62.3 Å². The summed E-state index contributed by atoms with van der Waals surface area (Å²) in [5, 5.41) is 2.84. The monoisotopic (exact) mass is 431 g/mol. The maximum atomic E-state index is 13.9. The molecule has 1 saturated heterocycles. The Morgan fingerprint density at radius 2 is 1.93 bits per heavy atom. The molecule has 0 aliphatic carbocycles. The number of sulfonamides is 1. The van der Waals surface area contributed by atoms with E-state index >= 15 is 0 Å². The summed E-state index contributed by atoms with van der Waals surface area (Å²) in [5.41, 5.74) is 0. The number of rotatable bonds is 8. The SMILES string of the molecule is CSCCC(NS(=O)(=O)c1ccccc1F)C(=O)N1CCC(NC(C)=O)CC1. The van der Waals surface area contributed by atoms with Gasteiger partial charge in [-0.05, 0) is 43.4 Å². The van der Waals surface area contributed by atoms with Gasteiger partial charge < -0.3 is 10.2 Å². The van der Waals surface area contributed by atoms with Crippen molar-refractivity contribution in [2.75, 3.05) is 25.1 Å². The van der Waals surface area contributed by atoms with Gasteiger partial charge in [-0.1, -0.05) is 12.1 Å². The molecule has 156 valence electrons. The number of halogens is 1. The Hall–Kier alpha value is -1.65. The molecule has 0 radical (unpaired) electrons. The summed E-state index contributed by atoms with van der Waals surface area (Å²) in [7, 11) is -4.17. The minimum atomic E-state index is -4.17. The molecule has 28 heavy (non-hydrogen) atoms. The standard InChI is InChI=1S/C18H26FN3O4S2/c1-13(23)20-14-7-10-22(11-8-14)18(24)16(9-12-27-2)21-28(25,26)17-6-4-3-5-15(17)19/h3-6,14,16,21H,7-12H2,1-2H3,(H,20,23). The number of thioether (sulfide) groups is 1. The first-order valence-corrected chi connectivity index (χ1v) is 11.9. The molecule has 1 fully saturated rings. The van der Waals surface area contributed by atoms with Crippen LogP contribution in [0.25, 0.3) is 0 Å². The predicted molar refractivity (Wildman–Crippen MR) is 107 cm³/mol. The summed E-state index contributed by atoms with van der Waals surface area (Å²) in [4.78, 5) is 25.2. The zero-order valence-corrected chi connectivity index (χ0v) is 17.6. The number of hydrogen-bond acceptors (Lipinski definition) is 5. The fourth-order valence-corrected chi connectivity index (χ4v) is 4.91. The Labute approximate surface area is 169 Å². The van der Waals surface area contributed by atoms with Gasteiger partial charge in [0, 0.05) is 26.1 Å². The Balaban J connectivity index is 2.09. The van der Waals surface area contributed by atoms with Crippen LogP contribution in [0.4, 0.5) is 4.39 Å². The molecule has 0 bridgehead atoms. The summed E-state index contributed by atoms with van der Waals surface area (Å²) in [6.07, 6.45) is 3.40.